The van der Waals surface area contributed by atoms with Crippen LogP contribution in [-0.4, -0.2) is 31.1 Å². The maximum absolute atomic E-state index is 12.3. The number of carbonyl (C=O) groups is 1. The topological polar surface area (TPSA) is 40.5 Å². The number of nitrogens with zero attached hydrogens (tertiary/aromatic N) is 1. The molecule has 4 aliphatic carbocycles. The molecule has 1 aromatic carbocycles. The lowest BCUT2D eigenvalue weighted by Gasteiger charge is -2.53. The van der Waals surface area contributed by atoms with Crippen molar-refractivity contribution >= 4 is 11.5 Å². The highest BCUT2D eigenvalue weighted by Gasteiger charge is 2.58. The van der Waals surface area contributed by atoms with Crippen LogP contribution in [0.4, 0.5) is 5.69 Å². The Hall–Kier alpha value is -2.31. The van der Waals surface area contributed by atoms with Crippen molar-refractivity contribution < 1.29 is 9.90 Å². The fraction of sp³-hybridized carbons (Fsp3) is 0.552. The lowest BCUT2D eigenvalue weighted by atomic mass is 9.51. The molecule has 1 N–H and O–H groups in total. The van der Waals surface area contributed by atoms with Crippen molar-refractivity contribution in [3.8, 4) is 11.8 Å². The third-order valence-electron chi connectivity index (χ3n) is 8.88. The zero-order valence-electron chi connectivity index (χ0n) is 19.8. The zero-order valence-corrected chi connectivity index (χ0v) is 19.8. The van der Waals surface area contributed by atoms with Gasteiger partial charge in [-0.05, 0) is 91.2 Å². The highest BCUT2D eigenvalue weighted by atomic mass is 16.3. The van der Waals surface area contributed by atoms with Crippen LogP contribution in [0.3, 0.4) is 0 Å². The van der Waals surface area contributed by atoms with Gasteiger partial charge < -0.3 is 10.0 Å². The number of rotatable bonds is 2. The molecule has 168 valence electrons. The van der Waals surface area contributed by atoms with Crippen LogP contribution < -0.4 is 4.90 Å². The summed E-state index contributed by atoms with van der Waals surface area (Å²) in [5.41, 5.74) is 6.66. The fourth-order valence-electron chi connectivity index (χ4n) is 7.30. The van der Waals surface area contributed by atoms with E-state index < -0.39 is 0 Å². The number of aliphatic hydroxyl groups excluding tert-OH is 1. The van der Waals surface area contributed by atoms with Gasteiger partial charge in [-0.25, -0.2) is 0 Å². The maximum atomic E-state index is 12.3. The molecular formula is C29H35NO2. The number of fused-ring (bicyclic) bond motifs is 4. The first kappa shape index (κ1) is 21.5. The highest BCUT2D eigenvalue weighted by molar-refractivity contribution is 5.93. The molecule has 5 rings (SSSR count). The summed E-state index contributed by atoms with van der Waals surface area (Å²) in [4.78, 5) is 14.4. The largest absolute Gasteiger partial charge is 0.393 e. The fourth-order valence-corrected chi connectivity index (χ4v) is 7.30. The third-order valence-corrected chi connectivity index (χ3v) is 8.88. The number of aliphatic hydroxyl groups is 1. The molecule has 0 bridgehead atoms. The maximum Gasteiger partial charge on any atom is 0.156 e. The van der Waals surface area contributed by atoms with E-state index in [2.05, 4.69) is 62.0 Å². The summed E-state index contributed by atoms with van der Waals surface area (Å²) in [5, 5.41) is 11.1. The van der Waals surface area contributed by atoms with Gasteiger partial charge in [-0.1, -0.05) is 30.6 Å². The van der Waals surface area contributed by atoms with Crippen LogP contribution in [0.2, 0.25) is 0 Å². The minimum Gasteiger partial charge on any atom is -0.393 e. The van der Waals surface area contributed by atoms with Gasteiger partial charge in [-0.3, -0.25) is 4.79 Å². The lowest BCUT2D eigenvalue weighted by molar-refractivity contribution is -0.114. The van der Waals surface area contributed by atoms with Crippen LogP contribution in [0.1, 0.15) is 63.9 Å². The highest BCUT2D eigenvalue weighted by Crippen LogP contribution is 2.65. The van der Waals surface area contributed by atoms with Gasteiger partial charge in [0.05, 0.1) is 6.10 Å². The second-order valence-electron chi connectivity index (χ2n) is 10.7. The molecule has 3 heteroatoms. The van der Waals surface area contributed by atoms with E-state index in [4.69, 9.17) is 0 Å². The lowest BCUT2D eigenvalue weighted by Crippen LogP contribution is -2.47. The molecule has 32 heavy (non-hydrogen) atoms. The molecule has 0 amide bonds. The number of ketones is 1. The van der Waals surface area contributed by atoms with E-state index >= 15 is 0 Å². The second-order valence-corrected chi connectivity index (χ2v) is 10.7. The summed E-state index contributed by atoms with van der Waals surface area (Å²) >= 11 is 0. The van der Waals surface area contributed by atoms with Crippen molar-refractivity contribution in [2.24, 2.45) is 23.2 Å². The van der Waals surface area contributed by atoms with Crippen molar-refractivity contribution in [2.45, 2.75) is 64.4 Å². The molecule has 0 unspecified atom stereocenters. The molecule has 2 saturated carbocycles. The number of allylic oxidation sites excluding steroid dienone is 4. The summed E-state index contributed by atoms with van der Waals surface area (Å²) < 4.78 is 0. The first-order chi connectivity index (χ1) is 15.3. The van der Waals surface area contributed by atoms with Crippen LogP contribution in [0.25, 0.3) is 0 Å². The van der Waals surface area contributed by atoms with E-state index in [0.29, 0.717) is 18.3 Å². The van der Waals surface area contributed by atoms with Crippen molar-refractivity contribution in [1.82, 2.24) is 0 Å². The van der Waals surface area contributed by atoms with Crippen molar-refractivity contribution in [3.63, 3.8) is 0 Å². The SMILES string of the molecule is CC#C[C@@H]1CC2=CC(=O)CCC2=C2[C@@H]1[C@@H]1CC[C@H](O)[C@@]1(C)C[C@@H]2c1ccc(N(C)C)cc1. The molecule has 4 aliphatic rings. The normalized spacial score (nSPS) is 35.8. The molecule has 0 aliphatic heterocycles. The first-order valence-corrected chi connectivity index (χ1v) is 12.2. The molecule has 0 heterocycles. The van der Waals surface area contributed by atoms with Gasteiger partial charge in [0.2, 0.25) is 0 Å². The Balaban J connectivity index is 1.70. The minimum absolute atomic E-state index is 0.0843. The van der Waals surface area contributed by atoms with Gasteiger partial charge in [0, 0.05) is 38.0 Å². The van der Waals surface area contributed by atoms with Crippen LogP contribution in [-0.2, 0) is 4.79 Å². The van der Waals surface area contributed by atoms with E-state index in [0.717, 1.165) is 32.1 Å². The molecule has 2 fully saturated rings. The van der Waals surface area contributed by atoms with Crippen molar-refractivity contribution in [3.05, 3.63) is 52.6 Å². The quantitative estimate of drug-likeness (QED) is 0.652. The number of hydrogen-bond acceptors (Lipinski definition) is 3. The van der Waals surface area contributed by atoms with Crippen molar-refractivity contribution in [2.75, 3.05) is 19.0 Å². The molecular weight excluding hydrogens is 394 g/mol. The molecule has 3 nitrogen and oxygen atoms in total. The molecule has 6 atom stereocenters. The molecule has 0 radical (unpaired) electrons. The number of anilines is 1. The molecule has 1 aromatic rings. The predicted molar refractivity (Wildman–Crippen MR) is 129 cm³/mol. The zero-order chi connectivity index (χ0) is 22.6. The van der Waals surface area contributed by atoms with E-state index in [1.54, 1.807) is 0 Å². The van der Waals surface area contributed by atoms with E-state index in [1.807, 2.05) is 13.0 Å². The number of hydrogen-bond donors (Lipinski definition) is 1. The average Bonchev–Trinajstić information content (AvgIpc) is 3.07. The van der Waals surface area contributed by atoms with Crippen molar-refractivity contribution in [1.29, 1.82) is 0 Å². The summed E-state index contributed by atoms with van der Waals surface area (Å²) in [6.45, 7) is 4.26. The van der Waals surface area contributed by atoms with E-state index in [9.17, 15) is 9.90 Å². The number of benzene rings is 1. The Kier molecular flexibility index (Phi) is 5.33. The standard InChI is InChI=1S/C29H35NO2/c1-5-6-19-15-20-16-22(31)11-12-23(20)28-24(18-7-9-21(10-8-18)30(3)4)17-29(2)25(27(19)28)13-14-26(29)32/h7-10,16,19,24-27,32H,11-15,17H2,1-4H3/t19-,24-,25+,26+,27+,29+/m1/s1. The Bertz CT molecular complexity index is 1050. The average molecular weight is 430 g/mol. The Morgan fingerprint density at radius 3 is 2.56 bits per heavy atom. The van der Waals surface area contributed by atoms with Crippen LogP contribution in [0.15, 0.2) is 47.1 Å². The summed E-state index contributed by atoms with van der Waals surface area (Å²) in [6, 6.07) is 8.98. The van der Waals surface area contributed by atoms with Crippen LogP contribution in [0, 0.1) is 35.0 Å². The summed E-state index contributed by atoms with van der Waals surface area (Å²) in [6.07, 6.45) is 6.97. The van der Waals surface area contributed by atoms with E-state index in [1.165, 1.54) is 28.0 Å². The third kappa shape index (κ3) is 3.27. The Morgan fingerprint density at radius 1 is 1.12 bits per heavy atom. The van der Waals surface area contributed by atoms with Gasteiger partial charge in [-0.15, -0.1) is 5.92 Å². The molecule has 0 spiro atoms. The molecule has 0 saturated heterocycles. The second kappa shape index (κ2) is 7.92. The predicted octanol–water partition coefficient (Wildman–Crippen LogP) is 5.26. The van der Waals surface area contributed by atoms with Gasteiger partial charge in [0.15, 0.2) is 5.78 Å². The van der Waals surface area contributed by atoms with Gasteiger partial charge in [0.1, 0.15) is 0 Å². The van der Waals surface area contributed by atoms with Gasteiger partial charge >= 0.3 is 0 Å². The monoisotopic (exact) mass is 429 g/mol. The van der Waals surface area contributed by atoms with Gasteiger partial charge in [0.25, 0.3) is 0 Å². The smallest absolute Gasteiger partial charge is 0.156 e. The number of carbonyl (C=O) groups excluding carboxylic acids is 1. The molecule has 0 aromatic heterocycles. The van der Waals surface area contributed by atoms with E-state index in [-0.39, 0.29) is 29.1 Å². The Labute approximate surface area is 192 Å². The minimum atomic E-state index is -0.247. The van der Waals surface area contributed by atoms with Crippen LogP contribution in [0.5, 0.6) is 0 Å². The first-order valence-electron chi connectivity index (χ1n) is 12.2. The summed E-state index contributed by atoms with van der Waals surface area (Å²) in [5.74, 6) is 8.35. The summed E-state index contributed by atoms with van der Waals surface area (Å²) in [7, 11) is 4.14. The van der Waals surface area contributed by atoms with Gasteiger partial charge in [-0.2, -0.15) is 0 Å². The van der Waals surface area contributed by atoms with Crippen LogP contribution >= 0.6 is 0 Å². The Morgan fingerprint density at radius 2 is 1.88 bits per heavy atom.